The maximum Gasteiger partial charge on any atom is 0.262 e. The molecule has 6 nitrogen and oxygen atoms in total. The average Bonchev–Trinajstić information content (AvgIpc) is 2.76. The molecule has 1 N–H and O–H groups in total. The molecular weight excluding hydrogens is 422 g/mol. The quantitative estimate of drug-likeness (QED) is 0.396. The van der Waals surface area contributed by atoms with Crippen molar-refractivity contribution in [3.63, 3.8) is 0 Å². The number of amides is 1. The Balaban J connectivity index is 1.97. The molecule has 0 saturated carbocycles. The Morgan fingerprint density at radius 2 is 2.00 bits per heavy atom. The SMILES string of the molecule is CCCNC(=O)c1ccc2c(=O)n(CCOC)c(SCc3ccc(Cl)cc3)nc2c1. The third-order valence-electron chi connectivity index (χ3n) is 4.52. The van der Waals surface area contributed by atoms with Gasteiger partial charge in [0, 0.05) is 30.0 Å². The van der Waals surface area contributed by atoms with Crippen molar-refractivity contribution in [2.24, 2.45) is 0 Å². The minimum absolute atomic E-state index is 0.142. The number of hydrogen-bond donors (Lipinski definition) is 1. The van der Waals surface area contributed by atoms with E-state index in [1.54, 1.807) is 29.9 Å². The van der Waals surface area contributed by atoms with E-state index in [9.17, 15) is 9.59 Å². The molecule has 0 bridgehead atoms. The fourth-order valence-corrected chi connectivity index (χ4v) is 4.01. The second-order valence-electron chi connectivity index (χ2n) is 6.75. The number of benzene rings is 2. The minimum atomic E-state index is -0.167. The van der Waals surface area contributed by atoms with Gasteiger partial charge < -0.3 is 10.1 Å². The van der Waals surface area contributed by atoms with E-state index in [1.807, 2.05) is 31.2 Å². The van der Waals surface area contributed by atoms with Gasteiger partial charge in [0.1, 0.15) is 0 Å². The van der Waals surface area contributed by atoms with E-state index in [4.69, 9.17) is 21.3 Å². The van der Waals surface area contributed by atoms with Crippen LogP contribution in [0.3, 0.4) is 0 Å². The number of methoxy groups -OCH3 is 1. The van der Waals surface area contributed by atoms with Crippen molar-refractivity contribution in [3.05, 3.63) is 69.0 Å². The van der Waals surface area contributed by atoms with Crippen molar-refractivity contribution < 1.29 is 9.53 Å². The van der Waals surface area contributed by atoms with Gasteiger partial charge in [0.05, 0.1) is 24.1 Å². The molecule has 0 spiro atoms. The van der Waals surface area contributed by atoms with Gasteiger partial charge >= 0.3 is 0 Å². The molecule has 0 radical (unpaired) electrons. The summed E-state index contributed by atoms with van der Waals surface area (Å²) in [5.74, 6) is 0.471. The lowest BCUT2D eigenvalue weighted by molar-refractivity contribution is 0.0954. The summed E-state index contributed by atoms with van der Waals surface area (Å²) in [4.78, 5) is 30.1. The molecule has 0 unspecified atom stereocenters. The number of hydrogen-bond acceptors (Lipinski definition) is 5. The Bertz CT molecular complexity index is 1080. The first-order chi connectivity index (χ1) is 14.5. The van der Waals surface area contributed by atoms with Crippen LogP contribution in [0.15, 0.2) is 52.4 Å². The van der Waals surface area contributed by atoms with Gasteiger partial charge in [-0.05, 0) is 42.3 Å². The molecule has 0 saturated heterocycles. The fraction of sp³-hybridized carbons (Fsp3) is 0.318. The molecule has 1 amide bonds. The Morgan fingerprint density at radius 3 is 2.70 bits per heavy atom. The van der Waals surface area contributed by atoms with Crippen LogP contribution in [0, 0.1) is 0 Å². The highest BCUT2D eigenvalue weighted by atomic mass is 35.5. The van der Waals surface area contributed by atoms with Gasteiger partial charge in [0.15, 0.2) is 5.16 Å². The van der Waals surface area contributed by atoms with Crippen molar-refractivity contribution >= 4 is 40.2 Å². The van der Waals surface area contributed by atoms with E-state index < -0.39 is 0 Å². The number of thioether (sulfide) groups is 1. The van der Waals surface area contributed by atoms with E-state index in [-0.39, 0.29) is 11.5 Å². The van der Waals surface area contributed by atoms with Gasteiger partial charge in [0.2, 0.25) is 0 Å². The lowest BCUT2D eigenvalue weighted by atomic mass is 10.1. The van der Waals surface area contributed by atoms with Crippen LogP contribution in [0.4, 0.5) is 0 Å². The minimum Gasteiger partial charge on any atom is -0.383 e. The highest BCUT2D eigenvalue weighted by Gasteiger charge is 2.14. The third-order valence-corrected chi connectivity index (χ3v) is 5.82. The topological polar surface area (TPSA) is 73.2 Å². The summed E-state index contributed by atoms with van der Waals surface area (Å²) in [6.45, 7) is 3.40. The van der Waals surface area contributed by atoms with E-state index in [0.717, 1.165) is 12.0 Å². The normalized spacial score (nSPS) is 11.0. The summed E-state index contributed by atoms with van der Waals surface area (Å²) in [6, 6.07) is 12.6. The number of fused-ring (bicyclic) bond motifs is 1. The predicted octanol–water partition coefficient (Wildman–Crippen LogP) is 4.13. The highest BCUT2D eigenvalue weighted by Crippen LogP contribution is 2.23. The molecule has 30 heavy (non-hydrogen) atoms. The molecule has 158 valence electrons. The lowest BCUT2D eigenvalue weighted by Crippen LogP contribution is -2.26. The monoisotopic (exact) mass is 445 g/mol. The van der Waals surface area contributed by atoms with Crippen molar-refractivity contribution in [2.75, 3.05) is 20.3 Å². The Hall–Kier alpha value is -2.35. The van der Waals surface area contributed by atoms with Gasteiger partial charge in [-0.25, -0.2) is 4.98 Å². The molecule has 1 heterocycles. The molecular formula is C22H24ClN3O3S. The van der Waals surface area contributed by atoms with Gasteiger partial charge in [-0.2, -0.15) is 0 Å². The first-order valence-electron chi connectivity index (χ1n) is 9.72. The van der Waals surface area contributed by atoms with Crippen LogP contribution in [0.2, 0.25) is 5.02 Å². The van der Waals surface area contributed by atoms with Gasteiger partial charge in [-0.3, -0.25) is 14.2 Å². The number of carbonyl (C=O) groups excluding carboxylic acids is 1. The smallest absolute Gasteiger partial charge is 0.262 e. The Morgan fingerprint density at radius 1 is 1.23 bits per heavy atom. The molecule has 2 aromatic carbocycles. The number of ether oxygens (including phenoxy) is 1. The number of halogens is 1. The van der Waals surface area contributed by atoms with Crippen LogP contribution in [0.25, 0.3) is 10.9 Å². The summed E-state index contributed by atoms with van der Waals surface area (Å²) >= 11 is 7.42. The first-order valence-corrected chi connectivity index (χ1v) is 11.1. The third kappa shape index (κ3) is 5.41. The van der Waals surface area contributed by atoms with Crippen molar-refractivity contribution in [2.45, 2.75) is 30.8 Å². The molecule has 3 aromatic rings. The molecule has 0 fully saturated rings. The van der Waals surface area contributed by atoms with Crippen LogP contribution in [0.1, 0.15) is 29.3 Å². The highest BCUT2D eigenvalue weighted by molar-refractivity contribution is 7.98. The second kappa shape index (κ2) is 10.6. The fourth-order valence-electron chi connectivity index (χ4n) is 2.90. The number of nitrogens with one attached hydrogen (secondary N) is 1. The number of nitrogens with zero attached hydrogens (tertiary/aromatic N) is 2. The average molecular weight is 446 g/mol. The molecule has 0 aliphatic rings. The first kappa shape index (κ1) is 22.3. The molecule has 0 aliphatic carbocycles. The van der Waals surface area contributed by atoms with Crippen molar-refractivity contribution in [1.29, 1.82) is 0 Å². The summed E-state index contributed by atoms with van der Waals surface area (Å²) in [7, 11) is 1.60. The number of aromatic nitrogens is 2. The zero-order valence-electron chi connectivity index (χ0n) is 17.0. The summed E-state index contributed by atoms with van der Waals surface area (Å²) in [5.41, 5.74) is 1.93. The zero-order valence-corrected chi connectivity index (χ0v) is 18.6. The maximum atomic E-state index is 13.1. The van der Waals surface area contributed by atoms with E-state index in [1.165, 1.54) is 11.8 Å². The van der Waals surface area contributed by atoms with Gasteiger partial charge in [0.25, 0.3) is 11.5 Å². The summed E-state index contributed by atoms with van der Waals surface area (Å²) in [5, 5.41) is 4.60. The van der Waals surface area contributed by atoms with E-state index in [0.29, 0.717) is 52.1 Å². The standard InChI is InChI=1S/C22H24ClN3O3S/c1-3-10-24-20(27)16-6-9-18-19(13-16)25-22(26(21(18)28)11-12-29-2)30-14-15-4-7-17(23)8-5-15/h4-9,13H,3,10-12,14H2,1-2H3,(H,24,27). The molecule has 3 rings (SSSR count). The van der Waals surface area contributed by atoms with Crippen LogP contribution >= 0.6 is 23.4 Å². The molecule has 0 aliphatic heterocycles. The number of carbonyl (C=O) groups is 1. The maximum absolute atomic E-state index is 13.1. The zero-order chi connectivity index (χ0) is 21.5. The van der Waals surface area contributed by atoms with Crippen LogP contribution in [-0.2, 0) is 17.0 Å². The van der Waals surface area contributed by atoms with Crippen molar-refractivity contribution in [3.8, 4) is 0 Å². The van der Waals surface area contributed by atoms with Gasteiger partial charge in [-0.15, -0.1) is 0 Å². The van der Waals surface area contributed by atoms with Crippen molar-refractivity contribution in [1.82, 2.24) is 14.9 Å². The predicted molar refractivity (Wildman–Crippen MR) is 122 cm³/mol. The molecule has 0 atom stereocenters. The Kier molecular flexibility index (Phi) is 7.90. The summed E-state index contributed by atoms with van der Waals surface area (Å²) < 4.78 is 6.80. The Labute approximate surface area is 184 Å². The second-order valence-corrected chi connectivity index (χ2v) is 8.13. The van der Waals surface area contributed by atoms with Crippen LogP contribution in [0.5, 0.6) is 0 Å². The van der Waals surface area contributed by atoms with E-state index >= 15 is 0 Å². The lowest BCUT2D eigenvalue weighted by Gasteiger charge is -2.13. The number of rotatable bonds is 9. The summed E-state index contributed by atoms with van der Waals surface area (Å²) in [6.07, 6.45) is 0.854. The van der Waals surface area contributed by atoms with Gasteiger partial charge in [-0.1, -0.05) is 42.4 Å². The van der Waals surface area contributed by atoms with Crippen LogP contribution < -0.4 is 10.9 Å². The molecule has 1 aromatic heterocycles. The van der Waals surface area contributed by atoms with E-state index in [2.05, 4.69) is 5.32 Å². The van der Waals surface area contributed by atoms with Crippen LogP contribution in [-0.4, -0.2) is 35.7 Å². The molecule has 8 heteroatoms. The largest absolute Gasteiger partial charge is 0.383 e.